The van der Waals surface area contributed by atoms with Gasteiger partial charge in [0.15, 0.2) is 5.75 Å². The van der Waals surface area contributed by atoms with E-state index in [2.05, 4.69) is 9.97 Å². The number of halogens is 9. The van der Waals surface area contributed by atoms with Gasteiger partial charge in [0.1, 0.15) is 0 Å². The number of unbranched alkanes of at least 4 members (excludes halogenated alkanes) is 1. The van der Waals surface area contributed by atoms with E-state index in [0.717, 1.165) is 30.9 Å². The Balaban J connectivity index is 2.12. The van der Waals surface area contributed by atoms with Gasteiger partial charge in [-0.1, -0.05) is 13.3 Å². The fraction of sp³-hybridized carbons (Fsp3) is 0.452. The number of rotatable bonds is 15. The lowest BCUT2D eigenvalue weighted by atomic mass is 10.0. The van der Waals surface area contributed by atoms with E-state index in [0.29, 0.717) is 37.3 Å². The van der Waals surface area contributed by atoms with E-state index >= 15 is 0 Å². The average Bonchev–Trinajstić information content (AvgIpc) is 2.98. The van der Waals surface area contributed by atoms with Crippen LogP contribution < -0.4 is 14.5 Å². The molecule has 0 saturated carbocycles. The maximum atomic E-state index is 13.8. The van der Waals surface area contributed by atoms with Crippen LogP contribution in [-0.2, 0) is 36.4 Å². The third-order valence-corrected chi connectivity index (χ3v) is 6.99. The summed E-state index contributed by atoms with van der Waals surface area (Å²) in [5, 5.41) is 8.77. The van der Waals surface area contributed by atoms with Crippen LogP contribution in [-0.4, -0.2) is 40.7 Å². The number of hydrogen-bond donors (Lipinski definition) is 1. The number of aliphatic carboxylic acids is 1. The standard InChI is InChI=1S/C31H33F9N4O3/c1-3-5-10-43(4-2)26-9-8-22(29(32,33)34)14-21(26)19-44(28-41-16-25(17-42-28)47-11-6-7-27(45)46)18-20-12-23(30(35,36)37)15-24(13-20)31(38,39)40/h8-9,12-17H,3-7,10-11,18-19H2,1-2H3,(H,45,46). The van der Waals surface area contributed by atoms with Crippen molar-refractivity contribution in [1.29, 1.82) is 0 Å². The molecule has 0 radical (unpaired) electrons. The van der Waals surface area contributed by atoms with Crippen LogP contribution in [0.3, 0.4) is 0 Å². The number of carboxylic acids is 1. The minimum absolute atomic E-state index is 0.0125. The number of ether oxygens (including phenoxy) is 1. The molecule has 0 bridgehead atoms. The maximum absolute atomic E-state index is 13.8. The summed E-state index contributed by atoms with van der Waals surface area (Å²) in [6.07, 6.45) is -11.2. The molecule has 3 aromatic rings. The third-order valence-electron chi connectivity index (χ3n) is 6.99. The van der Waals surface area contributed by atoms with Crippen LogP contribution in [0.2, 0.25) is 0 Å². The van der Waals surface area contributed by atoms with Crippen molar-refractivity contribution in [2.45, 2.75) is 71.1 Å². The van der Waals surface area contributed by atoms with Crippen LogP contribution in [0.5, 0.6) is 5.75 Å². The molecule has 1 N–H and O–H groups in total. The summed E-state index contributed by atoms with van der Waals surface area (Å²) in [6, 6.07) is 4.15. The summed E-state index contributed by atoms with van der Waals surface area (Å²) in [4.78, 5) is 22.0. The second kappa shape index (κ2) is 15.6. The van der Waals surface area contributed by atoms with Gasteiger partial charge in [-0.05, 0) is 67.3 Å². The fourth-order valence-corrected chi connectivity index (χ4v) is 4.69. The highest BCUT2D eigenvalue weighted by Gasteiger charge is 2.37. The Labute approximate surface area is 265 Å². The summed E-state index contributed by atoms with van der Waals surface area (Å²) >= 11 is 0. The molecule has 0 aliphatic rings. The topological polar surface area (TPSA) is 78.8 Å². The maximum Gasteiger partial charge on any atom is 0.416 e. The van der Waals surface area contributed by atoms with Gasteiger partial charge in [0.05, 0.1) is 35.7 Å². The minimum atomic E-state index is -5.12. The summed E-state index contributed by atoms with van der Waals surface area (Å²) in [7, 11) is 0. The quantitative estimate of drug-likeness (QED) is 0.127. The SMILES string of the molecule is CCCCN(CC)c1ccc(C(F)(F)F)cc1CN(Cc1cc(C(F)(F)F)cc(C(F)(F)F)c1)c1ncc(OCCCC(=O)O)cn1. The number of aromatic nitrogens is 2. The Bertz CT molecular complexity index is 1440. The highest BCUT2D eigenvalue weighted by atomic mass is 19.4. The number of alkyl halides is 9. The first-order valence-electron chi connectivity index (χ1n) is 14.6. The van der Waals surface area contributed by atoms with Crippen molar-refractivity contribution in [1.82, 2.24) is 9.97 Å². The van der Waals surface area contributed by atoms with Gasteiger partial charge in [-0.2, -0.15) is 39.5 Å². The summed E-state index contributed by atoms with van der Waals surface area (Å²) in [5.41, 5.74) is -4.03. The van der Waals surface area contributed by atoms with Crippen molar-refractivity contribution in [2.75, 3.05) is 29.5 Å². The Hall–Kier alpha value is -4.24. The van der Waals surface area contributed by atoms with Gasteiger partial charge in [0.2, 0.25) is 5.95 Å². The van der Waals surface area contributed by atoms with Crippen molar-refractivity contribution in [2.24, 2.45) is 0 Å². The molecule has 0 aliphatic heterocycles. The average molecular weight is 681 g/mol. The zero-order valence-electron chi connectivity index (χ0n) is 25.4. The normalized spacial score (nSPS) is 12.2. The molecule has 0 unspecified atom stereocenters. The molecule has 0 atom stereocenters. The van der Waals surface area contributed by atoms with Crippen LogP contribution in [0.1, 0.15) is 67.3 Å². The zero-order valence-corrected chi connectivity index (χ0v) is 25.4. The van der Waals surface area contributed by atoms with E-state index in [9.17, 15) is 44.3 Å². The number of anilines is 2. The van der Waals surface area contributed by atoms with Crippen molar-refractivity contribution in [3.63, 3.8) is 0 Å². The highest BCUT2D eigenvalue weighted by Crippen LogP contribution is 2.38. The van der Waals surface area contributed by atoms with Gasteiger partial charge in [-0.25, -0.2) is 9.97 Å². The van der Waals surface area contributed by atoms with Gasteiger partial charge in [0, 0.05) is 38.3 Å². The highest BCUT2D eigenvalue weighted by molar-refractivity contribution is 5.66. The van der Waals surface area contributed by atoms with Crippen molar-refractivity contribution in [3.8, 4) is 5.75 Å². The Morgan fingerprint density at radius 3 is 1.89 bits per heavy atom. The first kappa shape index (κ1) is 37.2. The summed E-state index contributed by atoms with van der Waals surface area (Å²) in [5.74, 6) is -1.16. The molecule has 7 nitrogen and oxygen atoms in total. The molecule has 258 valence electrons. The smallest absolute Gasteiger partial charge is 0.416 e. The first-order valence-corrected chi connectivity index (χ1v) is 14.6. The Kier molecular flexibility index (Phi) is 12.3. The van der Waals surface area contributed by atoms with Crippen LogP contribution in [0.25, 0.3) is 0 Å². The second-order valence-electron chi connectivity index (χ2n) is 10.6. The lowest BCUT2D eigenvalue weighted by Crippen LogP contribution is -2.29. The number of nitrogens with zero attached hydrogens (tertiary/aromatic N) is 4. The van der Waals surface area contributed by atoms with Gasteiger partial charge < -0.3 is 19.6 Å². The van der Waals surface area contributed by atoms with E-state index < -0.39 is 59.8 Å². The molecular weight excluding hydrogens is 647 g/mol. The molecule has 0 spiro atoms. The molecular formula is C31H33F9N4O3. The van der Waals surface area contributed by atoms with Gasteiger partial charge >= 0.3 is 24.5 Å². The molecule has 2 aromatic carbocycles. The fourth-order valence-electron chi connectivity index (χ4n) is 4.69. The number of carbonyl (C=O) groups is 1. The van der Waals surface area contributed by atoms with E-state index in [1.54, 1.807) is 6.92 Å². The molecule has 3 rings (SSSR count). The van der Waals surface area contributed by atoms with Crippen LogP contribution in [0.4, 0.5) is 51.1 Å². The van der Waals surface area contributed by atoms with Gasteiger partial charge in [-0.3, -0.25) is 4.79 Å². The molecule has 0 saturated heterocycles. The Morgan fingerprint density at radius 2 is 1.38 bits per heavy atom. The lowest BCUT2D eigenvalue weighted by Gasteiger charge is -2.30. The summed E-state index contributed by atoms with van der Waals surface area (Å²) in [6.45, 7) is 3.56. The van der Waals surface area contributed by atoms with Crippen LogP contribution >= 0.6 is 0 Å². The molecule has 1 aromatic heterocycles. The molecule has 0 amide bonds. The monoisotopic (exact) mass is 680 g/mol. The number of carboxylic acid groups (broad SMARTS) is 1. The Morgan fingerprint density at radius 1 is 0.787 bits per heavy atom. The second-order valence-corrected chi connectivity index (χ2v) is 10.6. The van der Waals surface area contributed by atoms with Crippen molar-refractivity contribution < 1.29 is 54.2 Å². The molecule has 47 heavy (non-hydrogen) atoms. The molecule has 0 fully saturated rings. The van der Waals surface area contributed by atoms with Crippen molar-refractivity contribution in [3.05, 3.63) is 76.6 Å². The van der Waals surface area contributed by atoms with Crippen LogP contribution in [0, 0.1) is 0 Å². The minimum Gasteiger partial charge on any atom is -0.490 e. The van der Waals surface area contributed by atoms with Gasteiger partial charge in [-0.15, -0.1) is 0 Å². The number of benzene rings is 2. The molecule has 1 heterocycles. The van der Waals surface area contributed by atoms with E-state index in [4.69, 9.17) is 9.84 Å². The van der Waals surface area contributed by atoms with Crippen LogP contribution in [0.15, 0.2) is 48.8 Å². The predicted molar refractivity (Wildman–Crippen MR) is 155 cm³/mol. The van der Waals surface area contributed by atoms with E-state index in [1.807, 2.05) is 11.8 Å². The predicted octanol–water partition coefficient (Wildman–Crippen LogP) is 8.61. The molecule has 0 aliphatic carbocycles. The third kappa shape index (κ3) is 10.9. The van der Waals surface area contributed by atoms with E-state index in [-0.39, 0.29) is 42.8 Å². The first-order chi connectivity index (χ1) is 21.9. The van der Waals surface area contributed by atoms with Gasteiger partial charge in [0.25, 0.3) is 0 Å². The van der Waals surface area contributed by atoms with Crippen molar-refractivity contribution >= 4 is 17.6 Å². The zero-order chi connectivity index (χ0) is 35.0. The molecule has 16 heteroatoms. The largest absolute Gasteiger partial charge is 0.490 e. The summed E-state index contributed by atoms with van der Waals surface area (Å²) < 4.78 is 129. The number of hydrogen-bond acceptors (Lipinski definition) is 6. The lowest BCUT2D eigenvalue weighted by molar-refractivity contribution is -0.143. The van der Waals surface area contributed by atoms with E-state index in [1.165, 1.54) is 11.0 Å².